The molecule has 1 aliphatic rings. The molecule has 1 aliphatic heterocycles. The van der Waals surface area contributed by atoms with Gasteiger partial charge in [-0.05, 0) is 60.4 Å². The quantitative estimate of drug-likeness (QED) is 0.234. The lowest BCUT2D eigenvalue weighted by Crippen LogP contribution is -2.29. The topological polar surface area (TPSA) is 71.8 Å². The van der Waals surface area contributed by atoms with Crippen LogP contribution in [0.5, 0.6) is 17.2 Å². The van der Waals surface area contributed by atoms with E-state index in [1.165, 1.54) is 13.2 Å². The maximum atomic E-state index is 13.1. The molecule has 0 bridgehead atoms. The number of methoxy groups -OCH3 is 1. The van der Waals surface area contributed by atoms with Crippen molar-refractivity contribution in [3.8, 4) is 23.3 Å². The number of ether oxygens (including phenoxy) is 3. The van der Waals surface area contributed by atoms with Crippen LogP contribution in [0.3, 0.4) is 0 Å². The van der Waals surface area contributed by atoms with Gasteiger partial charge in [0.1, 0.15) is 30.6 Å². The first-order valence-corrected chi connectivity index (χ1v) is 11.6. The van der Waals surface area contributed by atoms with Crippen molar-refractivity contribution in [1.29, 1.82) is 5.26 Å². The van der Waals surface area contributed by atoms with Crippen molar-refractivity contribution in [2.45, 2.75) is 13.3 Å². The van der Waals surface area contributed by atoms with Gasteiger partial charge in [-0.25, -0.2) is 0 Å². The summed E-state index contributed by atoms with van der Waals surface area (Å²) < 4.78 is 17.1. The third-order valence-corrected chi connectivity index (χ3v) is 6.01. The van der Waals surface area contributed by atoms with Gasteiger partial charge in [0.25, 0.3) is 5.91 Å². The van der Waals surface area contributed by atoms with Crippen LogP contribution < -0.4 is 19.1 Å². The standard InChI is InChI=1S/C28H25ClN2O4/c1-19-7-3-6-10-25(19)34-13-14-35-27-23(29)16-20(17-26(27)33-2)15-22(18-30)28(32)31-12-11-21-8-4-5-9-24(21)31/h3-10,15-17H,11-14H2,1-2H3. The van der Waals surface area contributed by atoms with E-state index in [2.05, 4.69) is 0 Å². The number of carbonyl (C=O) groups is 1. The summed E-state index contributed by atoms with van der Waals surface area (Å²) in [5.74, 6) is 1.22. The maximum Gasteiger partial charge on any atom is 0.268 e. The van der Waals surface area contributed by atoms with E-state index in [0.717, 1.165) is 29.0 Å². The lowest BCUT2D eigenvalue weighted by Gasteiger charge is -2.17. The average Bonchev–Trinajstić information content (AvgIpc) is 3.30. The van der Waals surface area contributed by atoms with Crippen molar-refractivity contribution < 1.29 is 19.0 Å². The van der Waals surface area contributed by atoms with Gasteiger partial charge in [0.2, 0.25) is 0 Å². The average molecular weight is 489 g/mol. The minimum Gasteiger partial charge on any atom is -0.493 e. The molecule has 3 aromatic carbocycles. The smallest absolute Gasteiger partial charge is 0.268 e. The van der Waals surface area contributed by atoms with Crippen LogP contribution in [0.1, 0.15) is 16.7 Å². The van der Waals surface area contributed by atoms with Gasteiger partial charge < -0.3 is 19.1 Å². The molecular weight excluding hydrogens is 464 g/mol. The second kappa shape index (κ2) is 11.0. The SMILES string of the molecule is COc1cc(C=C(C#N)C(=O)N2CCc3ccccc32)cc(Cl)c1OCCOc1ccccc1C. The van der Waals surface area contributed by atoms with Crippen LogP contribution in [0, 0.1) is 18.3 Å². The summed E-state index contributed by atoms with van der Waals surface area (Å²) in [6, 6.07) is 20.8. The first-order chi connectivity index (χ1) is 17.0. The molecule has 35 heavy (non-hydrogen) atoms. The van der Waals surface area contributed by atoms with Gasteiger partial charge in [-0.3, -0.25) is 4.79 Å². The Balaban J connectivity index is 1.48. The van der Waals surface area contributed by atoms with E-state index in [9.17, 15) is 10.1 Å². The number of fused-ring (bicyclic) bond motifs is 1. The van der Waals surface area contributed by atoms with E-state index in [1.807, 2.05) is 61.5 Å². The number of hydrogen-bond acceptors (Lipinski definition) is 5. The zero-order chi connectivity index (χ0) is 24.8. The summed E-state index contributed by atoms with van der Waals surface area (Å²) in [7, 11) is 1.51. The van der Waals surface area contributed by atoms with Gasteiger partial charge in [0.05, 0.1) is 12.1 Å². The second-order valence-electron chi connectivity index (χ2n) is 8.00. The van der Waals surface area contributed by atoms with Crippen molar-refractivity contribution in [2.24, 2.45) is 0 Å². The van der Waals surface area contributed by atoms with E-state index >= 15 is 0 Å². The zero-order valence-electron chi connectivity index (χ0n) is 19.6. The van der Waals surface area contributed by atoms with Gasteiger partial charge in [0, 0.05) is 12.2 Å². The van der Waals surface area contributed by atoms with Crippen molar-refractivity contribution in [3.63, 3.8) is 0 Å². The van der Waals surface area contributed by atoms with Gasteiger partial charge >= 0.3 is 0 Å². The Bertz CT molecular complexity index is 1310. The van der Waals surface area contributed by atoms with Gasteiger partial charge in [-0.15, -0.1) is 0 Å². The molecule has 4 rings (SSSR count). The highest BCUT2D eigenvalue weighted by Crippen LogP contribution is 2.37. The first kappa shape index (κ1) is 24.2. The largest absolute Gasteiger partial charge is 0.493 e. The highest BCUT2D eigenvalue weighted by Gasteiger charge is 2.26. The fraction of sp³-hybridized carbons (Fsp3) is 0.214. The Hall–Kier alpha value is -3.95. The highest BCUT2D eigenvalue weighted by atomic mass is 35.5. The second-order valence-corrected chi connectivity index (χ2v) is 8.41. The Morgan fingerprint density at radius 3 is 2.60 bits per heavy atom. The van der Waals surface area contributed by atoms with E-state index in [4.69, 9.17) is 25.8 Å². The number of benzene rings is 3. The van der Waals surface area contributed by atoms with E-state index in [0.29, 0.717) is 35.2 Å². The number of para-hydroxylation sites is 2. The molecule has 7 heteroatoms. The molecule has 0 N–H and O–H groups in total. The van der Waals surface area contributed by atoms with Crippen molar-refractivity contribution in [1.82, 2.24) is 0 Å². The number of nitriles is 1. The molecule has 0 radical (unpaired) electrons. The van der Waals surface area contributed by atoms with E-state index < -0.39 is 0 Å². The summed E-state index contributed by atoms with van der Waals surface area (Å²) in [5, 5.41) is 10.0. The Labute approximate surface area is 209 Å². The maximum absolute atomic E-state index is 13.1. The molecular formula is C28H25ClN2O4. The fourth-order valence-corrected chi connectivity index (χ4v) is 4.25. The molecule has 0 unspecified atom stereocenters. The molecule has 0 fully saturated rings. The number of anilines is 1. The van der Waals surface area contributed by atoms with Crippen LogP contribution in [-0.2, 0) is 11.2 Å². The van der Waals surface area contributed by atoms with Crippen molar-refractivity contribution >= 4 is 29.3 Å². The molecule has 0 saturated heterocycles. The summed E-state index contributed by atoms with van der Waals surface area (Å²) in [4.78, 5) is 14.7. The predicted octanol–water partition coefficient (Wildman–Crippen LogP) is 5.61. The van der Waals surface area contributed by atoms with Gasteiger partial charge in [-0.2, -0.15) is 5.26 Å². The molecule has 3 aromatic rings. The van der Waals surface area contributed by atoms with Crippen LogP contribution in [0.2, 0.25) is 5.02 Å². The Morgan fingerprint density at radius 1 is 1.09 bits per heavy atom. The number of rotatable bonds is 8. The summed E-state index contributed by atoms with van der Waals surface area (Å²) in [6.07, 6.45) is 2.28. The minimum absolute atomic E-state index is 0.0140. The summed E-state index contributed by atoms with van der Waals surface area (Å²) >= 11 is 6.48. The molecule has 0 atom stereocenters. The lowest BCUT2D eigenvalue weighted by atomic mass is 10.1. The number of halogens is 1. The van der Waals surface area contributed by atoms with E-state index in [1.54, 1.807) is 17.0 Å². The lowest BCUT2D eigenvalue weighted by molar-refractivity contribution is -0.114. The molecule has 0 aromatic heterocycles. The Morgan fingerprint density at radius 2 is 1.83 bits per heavy atom. The summed E-state index contributed by atoms with van der Waals surface area (Å²) in [6.45, 7) is 3.11. The molecule has 178 valence electrons. The van der Waals surface area contributed by atoms with Crippen LogP contribution >= 0.6 is 11.6 Å². The number of hydrogen-bond donors (Lipinski definition) is 0. The molecule has 0 spiro atoms. The van der Waals surface area contributed by atoms with Crippen molar-refractivity contribution in [2.75, 3.05) is 31.8 Å². The van der Waals surface area contributed by atoms with Crippen LogP contribution in [0.25, 0.3) is 6.08 Å². The van der Waals surface area contributed by atoms with Crippen LogP contribution in [-0.4, -0.2) is 32.8 Å². The predicted molar refractivity (Wildman–Crippen MR) is 136 cm³/mol. The molecule has 1 amide bonds. The number of carbonyl (C=O) groups excluding carboxylic acids is 1. The Kier molecular flexibility index (Phi) is 7.59. The summed E-state index contributed by atoms with van der Waals surface area (Å²) in [5.41, 5.74) is 3.55. The minimum atomic E-state index is -0.346. The third kappa shape index (κ3) is 5.42. The third-order valence-electron chi connectivity index (χ3n) is 5.73. The molecule has 0 saturated carbocycles. The molecule has 6 nitrogen and oxygen atoms in total. The normalized spacial score (nSPS) is 12.6. The van der Waals surface area contributed by atoms with E-state index in [-0.39, 0.29) is 18.1 Å². The zero-order valence-corrected chi connectivity index (χ0v) is 20.3. The molecule has 1 heterocycles. The molecule has 0 aliphatic carbocycles. The fourth-order valence-electron chi connectivity index (χ4n) is 3.98. The van der Waals surface area contributed by atoms with Gasteiger partial charge in [-0.1, -0.05) is 48.0 Å². The number of nitrogens with zero attached hydrogens (tertiary/aromatic N) is 2. The van der Waals surface area contributed by atoms with Crippen molar-refractivity contribution in [3.05, 3.63) is 87.9 Å². The van der Waals surface area contributed by atoms with Crippen LogP contribution in [0.4, 0.5) is 5.69 Å². The monoisotopic (exact) mass is 488 g/mol. The van der Waals surface area contributed by atoms with Crippen LogP contribution in [0.15, 0.2) is 66.2 Å². The number of amides is 1. The highest BCUT2D eigenvalue weighted by molar-refractivity contribution is 6.32. The number of aryl methyl sites for hydroxylation is 1. The first-order valence-electron chi connectivity index (χ1n) is 11.2. The van der Waals surface area contributed by atoms with Gasteiger partial charge in [0.15, 0.2) is 11.5 Å².